The predicted molar refractivity (Wildman–Crippen MR) is 84.2 cm³/mol. The minimum Gasteiger partial charge on any atom is -0.358 e. The normalized spacial score (nSPS) is 27.1. The summed E-state index contributed by atoms with van der Waals surface area (Å²) < 4.78 is 37.8. The van der Waals surface area contributed by atoms with Crippen molar-refractivity contribution in [2.45, 2.75) is 38.0 Å². The van der Waals surface area contributed by atoms with E-state index in [-0.39, 0.29) is 12.5 Å². The smallest absolute Gasteiger partial charge is 0.316 e. The van der Waals surface area contributed by atoms with Gasteiger partial charge in [0.25, 0.3) is 0 Å². The van der Waals surface area contributed by atoms with E-state index in [1.54, 1.807) is 0 Å². The molecule has 3 heterocycles. The molecule has 24 heavy (non-hydrogen) atoms. The molecule has 1 saturated carbocycles. The lowest BCUT2D eigenvalue weighted by molar-refractivity contribution is -0.183. The molecule has 134 valence electrons. The molecule has 0 aromatic carbocycles. The van der Waals surface area contributed by atoms with Gasteiger partial charge in [0.1, 0.15) is 12.4 Å². The van der Waals surface area contributed by atoms with Crippen LogP contribution in [-0.4, -0.2) is 73.0 Å². The van der Waals surface area contributed by atoms with Gasteiger partial charge in [-0.2, -0.15) is 8.78 Å². The molecule has 4 rings (SSSR count). The first kappa shape index (κ1) is 16.1. The lowest BCUT2D eigenvalue weighted by Crippen LogP contribution is -2.46. The number of amidine groups is 1. The number of nitrogens with zero attached hydrogens (tertiary/aromatic N) is 4. The molecule has 0 atom stereocenters. The minimum atomic E-state index is -2.52. The summed E-state index contributed by atoms with van der Waals surface area (Å²) in [5.74, 6) is 0.862. The fraction of sp³-hybridized carbons (Fsp3) is 0.812. The summed E-state index contributed by atoms with van der Waals surface area (Å²) in [4.78, 5) is 9.36. The first-order chi connectivity index (χ1) is 11.6. The van der Waals surface area contributed by atoms with Gasteiger partial charge in [0.15, 0.2) is 11.6 Å². The number of halogens is 2. The van der Waals surface area contributed by atoms with Crippen LogP contribution in [0.5, 0.6) is 0 Å². The summed E-state index contributed by atoms with van der Waals surface area (Å²) in [5.41, 5.74) is 0.536. The van der Waals surface area contributed by atoms with Gasteiger partial charge in [-0.3, -0.25) is 4.90 Å². The number of hydrogen-bond acceptors (Lipinski definition) is 6. The van der Waals surface area contributed by atoms with Gasteiger partial charge in [0.2, 0.25) is 0 Å². The molecule has 1 aliphatic carbocycles. The van der Waals surface area contributed by atoms with Crippen molar-refractivity contribution in [3.05, 3.63) is 11.9 Å². The molecule has 0 aromatic heterocycles. The van der Waals surface area contributed by atoms with Crippen LogP contribution in [0.25, 0.3) is 0 Å². The Kier molecular flexibility index (Phi) is 4.12. The molecule has 0 N–H and O–H groups in total. The largest absolute Gasteiger partial charge is 0.358 e. The summed E-state index contributed by atoms with van der Waals surface area (Å²) in [6.45, 7) is 0.468. The number of aliphatic imine (C=N–C) groups is 1. The Hall–Kier alpha value is -1.41. The maximum absolute atomic E-state index is 13.1. The minimum absolute atomic E-state index is 0.0393. The Morgan fingerprint density at radius 2 is 2.00 bits per heavy atom. The Bertz CT molecular complexity index is 538. The molecule has 0 amide bonds. The van der Waals surface area contributed by atoms with Crippen molar-refractivity contribution in [2.24, 2.45) is 10.9 Å². The van der Waals surface area contributed by atoms with Crippen LogP contribution in [0.3, 0.4) is 0 Å². The standard InChI is InChI=1S/C16H24F2N4O2/c1-20-11-21(9-13-14(20)19-10-22(13)15(17)18)8-12-2-4-16(5-3-12)23-6-7-24-16/h9,12,15H,2-8,10-11H2,1H3. The molecular formula is C16H24F2N4O2. The van der Waals surface area contributed by atoms with Gasteiger partial charge >= 0.3 is 6.55 Å². The first-order valence-electron chi connectivity index (χ1n) is 8.61. The average Bonchev–Trinajstić information content (AvgIpc) is 3.17. The number of ether oxygens (including phenoxy) is 2. The van der Waals surface area contributed by atoms with Crippen molar-refractivity contribution in [3.8, 4) is 0 Å². The van der Waals surface area contributed by atoms with Gasteiger partial charge in [-0.1, -0.05) is 0 Å². The van der Waals surface area contributed by atoms with Crippen molar-refractivity contribution in [3.63, 3.8) is 0 Å². The third kappa shape index (κ3) is 2.86. The van der Waals surface area contributed by atoms with E-state index in [9.17, 15) is 8.78 Å². The van der Waals surface area contributed by atoms with Crippen LogP contribution in [0.15, 0.2) is 16.9 Å². The lowest BCUT2D eigenvalue weighted by atomic mass is 9.85. The van der Waals surface area contributed by atoms with E-state index in [1.807, 2.05) is 18.1 Å². The summed E-state index contributed by atoms with van der Waals surface area (Å²) >= 11 is 0. The summed E-state index contributed by atoms with van der Waals surface area (Å²) in [7, 11) is 1.91. The number of hydrogen-bond donors (Lipinski definition) is 0. The third-order valence-electron chi connectivity index (χ3n) is 5.38. The van der Waals surface area contributed by atoms with Crippen molar-refractivity contribution in [1.82, 2.24) is 14.7 Å². The van der Waals surface area contributed by atoms with Crippen LogP contribution in [-0.2, 0) is 9.47 Å². The van der Waals surface area contributed by atoms with E-state index in [0.717, 1.165) is 37.1 Å². The summed E-state index contributed by atoms with van der Waals surface area (Å²) in [6.07, 6.45) is 5.79. The van der Waals surface area contributed by atoms with E-state index in [2.05, 4.69) is 9.89 Å². The maximum atomic E-state index is 13.1. The molecule has 6 nitrogen and oxygen atoms in total. The number of alkyl halides is 2. The second kappa shape index (κ2) is 6.15. The van der Waals surface area contributed by atoms with E-state index in [1.165, 1.54) is 0 Å². The van der Waals surface area contributed by atoms with Gasteiger partial charge in [-0.15, -0.1) is 0 Å². The van der Waals surface area contributed by atoms with Crippen molar-refractivity contribution in [2.75, 3.05) is 40.1 Å². The van der Waals surface area contributed by atoms with Gasteiger partial charge in [0, 0.05) is 32.6 Å². The van der Waals surface area contributed by atoms with Crippen LogP contribution in [0.1, 0.15) is 25.7 Å². The molecule has 0 unspecified atom stereocenters. The van der Waals surface area contributed by atoms with E-state index in [0.29, 0.717) is 37.3 Å². The molecule has 1 spiro atoms. The molecule has 0 bridgehead atoms. The molecule has 1 saturated heterocycles. The molecule has 8 heteroatoms. The molecule has 3 aliphatic heterocycles. The number of likely N-dealkylation sites (N-methyl/N-ethyl adjacent to an activating group) is 1. The average molecular weight is 342 g/mol. The molecule has 0 aromatic rings. The number of rotatable bonds is 3. The third-order valence-corrected chi connectivity index (χ3v) is 5.38. The van der Waals surface area contributed by atoms with Gasteiger partial charge in [-0.05, 0) is 18.8 Å². The zero-order valence-electron chi connectivity index (χ0n) is 14.0. The fourth-order valence-electron chi connectivity index (χ4n) is 4.12. The van der Waals surface area contributed by atoms with Crippen molar-refractivity contribution >= 4 is 5.84 Å². The van der Waals surface area contributed by atoms with E-state index in [4.69, 9.17) is 9.47 Å². The predicted octanol–water partition coefficient (Wildman–Crippen LogP) is 1.86. The quantitative estimate of drug-likeness (QED) is 0.732. The van der Waals surface area contributed by atoms with Crippen LogP contribution < -0.4 is 0 Å². The van der Waals surface area contributed by atoms with Crippen molar-refractivity contribution in [1.29, 1.82) is 0 Å². The number of fused-ring (bicyclic) bond motifs is 1. The zero-order chi connectivity index (χ0) is 16.7. The van der Waals surface area contributed by atoms with Gasteiger partial charge < -0.3 is 19.3 Å². The van der Waals surface area contributed by atoms with E-state index >= 15 is 0 Å². The molecule has 4 aliphatic rings. The summed E-state index contributed by atoms with van der Waals surface area (Å²) in [5, 5.41) is 0. The monoisotopic (exact) mass is 342 g/mol. The second-order valence-corrected chi connectivity index (χ2v) is 7.05. The second-order valence-electron chi connectivity index (χ2n) is 7.05. The van der Waals surface area contributed by atoms with E-state index < -0.39 is 6.55 Å². The Morgan fingerprint density at radius 3 is 2.67 bits per heavy atom. The first-order valence-corrected chi connectivity index (χ1v) is 8.61. The van der Waals surface area contributed by atoms with Crippen LogP contribution in [0.2, 0.25) is 0 Å². The zero-order valence-corrected chi connectivity index (χ0v) is 14.0. The highest BCUT2D eigenvalue weighted by molar-refractivity contribution is 5.99. The Labute approximate surface area is 140 Å². The molecular weight excluding hydrogens is 318 g/mol. The van der Waals surface area contributed by atoms with Crippen LogP contribution in [0.4, 0.5) is 8.78 Å². The fourth-order valence-corrected chi connectivity index (χ4v) is 4.12. The van der Waals surface area contributed by atoms with Crippen LogP contribution in [0, 0.1) is 5.92 Å². The highest BCUT2D eigenvalue weighted by Gasteiger charge is 2.41. The van der Waals surface area contributed by atoms with Crippen LogP contribution >= 0.6 is 0 Å². The van der Waals surface area contributed by atoms with Crippen molar-refractivity contribution < 1.29 is 18.3 Å². The molecule has 2 fully saturated rings. The highest BCUT2D eigenvalue weighted by atomic mass is 19.3. The SMILES string of the molecule is CN1CN(CC2CCC3(CC2)OCCO3)C=C2C1=NCN2C(F)F. The highest BCUT2D eigenvalue weighted by Crippen LogP contribution is 2.39. The van der Waals surface area contributed by atoms with Gasteiger partial charge in [-0.25, -0.2) is 4.99 Å². The topological polar surface area (TPSA) is 40.5 Å². The maximum Gasteiger partial charge on any atom is 0.316 e. The Morgan fingerprint density at radius 1 is 1.29 bits per heavy atom. The Balaban J connectivity index is 1.39. The van der Waals surface area contributed by atoms with Gasteiger partial charge in [0.05, 0.1) is 19.9 Å². The summed E-state index contributed by atoms with van der Waals surface area (Å²) in [6, 6.07) is 0. The molecule has 0 radical (unpaired) electrons. The lowest BCUT2D eigenvalue weighted by Gasteiger charge is -2.40.